The minimum absolute atomic E-state index is 0.00420. The third-order valence-electron chi connectivity index (χ3n) is 5.48. The molecule has 1 fully saturated rings. The van der Waals surface area contributed by atoms with Crippen molar-refractivity contribution in [2.24, 2.45) is 5.92 Å². The molecule has 1 heterocycles. The van der Waals surface area contributed by atoms with Gasteiger partial charge in [-0.1, -0.05) is 48.5 Å². The van der Waals surface area contributed by atoms with Gasteiger partial charge in [0.15, 0.2) is 0 Å². The van der Waals surface area contributed by atoms with Crippen LogP contribution in [0, 0.1) is 5.92 Å². The highest BCUT2D eigenvalue weighted by Crippen LogP contribution is 2.24. The highest BCUT2D eigenvalue weighted by Gasteiger charge is 2.32. The Bertz CT molecular complexity index is 893. The zero-order valence-corrected chi connectivity index (χ0v) is 17.8. The van der Waals surface area contributed by atoms with Crippen molar-refractivity contribution in [1.29, 1.82) is 0 Å². The monoisotopic (exact) mass is 415 g/mol. The Labute approximate surface area is 173 Å². The van der Waals surface area contributed by atoms with E-state index in [1.165, 1.54) is 4.31 Å². The molecule has 6 nitrogen and oxygen atoms in total. The lowest BCUT2D eigenvalue weighted by molar-refractivity contribution is -0.126. The molecular formula is C22H29N3O3S. The van der Waals surface area contributed by atoms with Gasteiger partial charge in [0.05, 0.1) is 10.9 Å². The van der Waals surface area contributed by atoms with Crippen LogP contribution in [0.1, 0.15) is 24.4 Å². The second-order valence-electron chi connectivity index (χ2n) is 7.63. The molecule has 1 amide bonds. The molecule has 1 unspecified atom stereocenters. The number of amides is 1. The van der Waals surface area contributed by atoms with Crippen LogP contribution in [-0.2, 0) is 14.8 Å². The molecule has 3 rings (SSSR count). The van der Waals surface area contributed by atoms with E-state index in [0.717, 1.165) is 5.56 Å². The molecule has 7 heteroatoms. The minimum atomic E-state index is -3.49. The summed E-state index contributed by atoms with van der Waals surface area (Å²) >= 11 is 0. The molecule has 29 heavy (non-hydrogen) atoms. The SMILES string of the molecule is CN(C)C(CNC(=O)C1CCN(S(=O)(=O)c2ccccc2)CC1)c1ccccc1. The van der Waals surface area contributed by atoms with Crippen LogP contribution in [0.2, 0.25) is 0 Å². The molecule has 0 aliphatic carbocycles. The summed E-state index contributed by atoms with van der Waals surface area (Å²) in [5, 5.41) is 3.07. The van der Waals surface area contributed by atoms with Crippen molar-refractivity contribution in [2.45, 2.75) is 23.8 Å². The highest BCUT2D eigenvalue weighted by atomic mass is 32.2. The quantitative estimate of drug-likeness (QED) is 0.754. The third-order valence-corrected chi connectivity index (χ3v) is 7.40. The predicted octanol–water partition coefficient (Wildman–Crippen LogP) is 2.51. The number of piperidine rings is 1. The van der Waals surface area contributed by atoms with E-state index in [9.17, 15) is 13.2 Å². The van der Waals surface area contributed by atoms with Crippen molar-refractivity contribution in [3.63, 3.8) is 0 Å². The van der Waals surface area contributed by atoms with Crippen LogP contribution in [0.4, 0.5) is 0 Å². The standard InChI is InChI=1S/C22H29N3O3S/c1-24(2)21(18-9-5-3-6-10-18)17-23-22(26)19-13-15-25(16-14-19)29(27,28)20-11-7-4-8-12-20/h3-12,19,21H,13-17H2,1-2H3,(H,23,26). The summed E-state index contributed by atoms with van der Waals surface area (Å²) in [7, 11) is 0.504. The zero-order valence-electron chi connectivity index (χ0n) is 17.0. The van der Waals surface area contributed by atoms with E-state index in [1.54, 1.807) is 30.3 Å². The van der Waals surface area contributed by atoms with Gasteiger partial charge in [-0.3, -0.25) is 4.79 Å². The van der Waals surface area contributed by atoms with Gasteiger partial charge in [-0.05, 0) is 44.6 Å². The summed E-state index contributed by atoms with van der Waals surface area (Å²) in [6.07, 6.45) is 1.08. The normalized spacial score (nSPS) is 17.2. The number of likely N-dealkylation sites (N-methyl/N-ethyl adjacent to an activating group) is 1. The molecule has 1 saturated heterocycles. The first kappa shape index (κ1) is 21.5. The summed E-state index contributed by atoms with van der Waals surface area (Å²) in [5.74, 6) is -0.152. The maximum absolute atomic E-state index is 12.7. The molecule has 0 saturated carbocycles. The Kier molecular flexibility index (Phi) is 7.05. The summed E-state index contributed by atoms with van der Waals surface area (Å²) in [6, 6.07) is 18.7. The second-order valence-corrected chi connectivity index (χ2v) is 9.56. The Hall–Kier alpha value is -2.22. The summed E-state index contributed by atoms with van der Waals surface area (Å²) in [4.78, 5) is 15.1. The minimum Gasteiger partial charge on any atom is -0.354 e. The number of carbonyl (C=O) groups excluding carboxylic acids is 1. The molecule has 2 aromatic rings. The summed E-state index contributed by atoms with van der Waals surface area (Å²) < 4.78 is 26.9. The molecule has 0 bridgehead atoms. The molecule has 1 aliphatic heterocycles. The first-order valence-electron chi connectivity index (χ1n) is 9.94. The van der Waals surface area contributed by atoms with Crippen molar-refractivity contribution in [2.75, 3.05) is 33.7 Å². The fourth-order valence-electron chi connectivity index (χ4n) is 3.72. The van der Waals surface area contributed by atoms with Crippen LogP contribution in [0.15, 0.2) is 65.6 Å². The van der Waals surface area contributed by atoms with E-state index >= 15 is 0 Å². The smallest absolute Gasteiger partial charge is 0.243 e. The molecule has 0 spiro atoms. The highest BCUT2D eigenvalue weighted by molar-refractivity contribution is 7.89. The molecule has 1 atom stereocenters. The van der Waals surface area contributed by atoms with Crippen molar-refractivity contribution in [1.82, 2.24) is 14.5 Å². The maximum Gasteiger partial charge on any atom is 0.243 e. The molecule has 0 aromatic heterocycles. The number of hydrogen-bond acceptors (Lipinski definition) is 4. The van der Waals surface area contributed by atoms with Gasteiger partial charge >= 0.3 is 0 Å². The van der Waals surface area contributed by atoms with Crippen LogP contribution < -0.4 is 5.32 Å². The molecule has 1 aliphatic rings. The maximum atomic E-state index is 12.7. The number of rotatable bonds is 7. The van der Waals surface area contributed by atoms with E-state index in [4.69, 9.17) is 0 Å². The van der Waals surface area contributed by atoms with Crippen LogP contribution in [-0.4, -0.2) is 57.3 Å². The van der Waals surface area contributed by atoms with E-state index in [0.29, 0.717) is 37.4 Å². The fourth-order valence-corrected chi connectivity index (χ4v) is 5.21. The van der Waals surface area contributed by atoms with Gasteiger partial charge in [-0.25, -0.2) is 8.42 Å². The van der Waals surface area contributed by atoms with Crippen molar-refractivity contribution < 1.29 is 13.2 Å². The van der Waals surface area contributed by atoms with E-state index in [2.05, 4.69) is 22.3 Å². The van der Waals surface area contributed by atoms with Crippen LogP contribution in [0.3, 0.4) is 0 Å². The lowest BCUT2D eigenvalue weighted by atomic mass is 9.97. The first-order valence-corrected chi connectivity index (χ1v) is 11.4. The van der Waals surface area contributed by atoms with Gasteiger partial charge in [0.2, 0.25) is 15.9 Å². The second kappa shape index (κ2) is 9.52. The third kappa shape index (κ3) is 5.23. The van der Waals surface area contributed by atoms with E-state index in [1.807, 2.05) is 32.3 Å². The zero-order chi connectivity index (χ0) is 20.9. The Morgan fingerprint density at radius 3 is 2.14 bits per heavy atom. The molecular weight excluding hydrogens is 386 g/mol. The van der Waals surface area contributed by atoms with Gasteiger partial charge in [-0.2, -0.15) is 4.31 Å². The number of benzene rings is 2. The van der Waals surface area contributed by atoms with Crippen molar-refractivity contribution in [3.05, 3.63) is 66.2 Å². The lowest BCUT2D eigenvalue weighted by Gasteiger charge is -2.31. The average Bonchev–Trinajstić information content (AvgIpc) is 2.75. The summed E-state index contributed by atoms with van der Waals surface area (Å²) in [6.45, 7) is 1.26. The molecule has 1 N–H and O–H groups in total. The molecule has 0 radical (unpaired) electrons. The van der Waals surface area contributed by atoms with Gasteiger partial charge in [0.1, 0.15) is 0 Å². The predicted molar refractivity (Wildman–Crippen MR) is 114 cm³/mol. The fraction of sp³-hybridized carbons (Fsp3) is 0.409. The number of nitrogens with zero attached hydrogens (tertiary/aromatic N) is 2. The van der Waals surface area contributed by atoms with E-state index < -0.39 is 10.0 Å². The molecule has 2 aromatic carbocycles. The summed E-state index contributed by atoms with van der Waals surface area (Å²) in [5.41, 5.74) is 1.15. The molecule has 156 valence electrons. The lowest BCUT2D eigenvalue weighted by Crippen LogP contribution is -2.44. The Balaban J connectivity index is 1.55. The first-order chi connectivity index (χ1) is 13.9. The van der Waals surface area contributed by atoms with Gasteiger partial charge < -0.3 is 10.2 Å². The van der Waals surface area contributed by atoms with Crippen molar-refractivity contribution >= 4 is 15.9 Å². The van der Waals surface area contributed by atoms with Gasteiger partial charge in [-0.15, -0.1) is 0 Å². The number of nitrogens with one attached hydrogen (secondary N) is 1. The van der Waals surface area contributed by atoms with Crippen LogP contribution in [0.25, 0.3) is 0 Å². The largest absolute Gasteiger partial charge is 0.354 e. The van der Waals surface area contributed by atoms with Gasteiger partial charge in [0.25, 0.3) is 0 Å². The topological polar surface area (TPSA) is 69.7 Å². The van der Waals surface area contributed by atoms with Gasteiger partial charge in [0, 0.05) is 25.6 Å². The van der Waals surface area contributed by atoms with Crippen LogP contribution in [0.5, 0.6) is 0 Å². The Morgan fingerprint density at radius 1 is 1.03 bits per heavy atom. The van der Waals surface area contributed by atoms with Crippen LogP contribution >= 0.6 is 0 Å². The number of sulfonamides is 1. The average molecular weight is 416 g/mol. The number of carbonyl (C=O) groups is 1. The number of hydrogen-bond donors (Lipinski definition) is 1. The van der Waals surface area contributed by atoms with E-state index in [-0.39, 0.29) is 17.9 Å². The Morgan fingerprint density at radius 2 is 1.59 bits per heavy atom. The van der Waals surface area contributed by atoms with Crippen molar-refractivity contribution in [3.8, 4) is 0 Å².